The molecule has 68 valence electrons. The van der Waals surface area contributed by atoms with E-state index in [1.54, 1.807) is 11.3 Å². The Morgan fingerprint density at radius 3 is 3.00 bits per heavy atom. The number of fused-ring (bicyclic) bond motifs is 1. The van der Waals surface area contributed by atoms with Crippen LogP contribution < -0.4 is 0 Å². The van der Waals surface area contributed by atoms with E-state index in [2.05, 4.69) is 32.9 Å². The number of hydrogen-bond acceptors (Lipinski definition) is 3. The van der Waals surface area contributed by atoms with Crippen LogP contribution in [0.2, 0.25) is 0 Å². The second kappa shape index (κ2) is 2.92. The van der Waals surface area contributed by atoms with Gasteiger partial charge in [0, 0.05) is 10.4 Å². The Morgan fingerprint density at radius 1 is 1.14 bits per heavy atom. The summed E-state index contributed by atoms with van der Waals surface area (Å²) in [5.41, 5.74) is 3.07. The second-order valence-electron chi connectivity index (χ2n) is 2.99. The average Bonchev–Trinajstić information content (AvgIpc) is 2.88. The van der Waals surface area contributed by atoms with Crippen LogP contribution in [0.4, 0.5) is 0 Å². The third-order valence-corrected chi connectivity index (χ3v) is 3.05. The van der Waals surface area contributed by atoms with E-state index in [4.69, 9.17) is 0 Å². The Kier molecular flexibility index (Phi) is 1.61. The van der Waals surface area contributed by atoms with Crippen LogP contribution >= 0.6 is 11.3 Å². The van der Waals surface area contributed by atoms with Crippen LogP contribution in [0.1, 0.15) is 0 Å². The molecule has 0 radical (unpaired) electrons. The van der Waals surface area contributed by atoms with Gasteiger partial charge in [0.25, 0.3) is 0 Å². The molecule has 0 aliphatic carbocycles. The van der Waals surface area contributed by atoms with Gasteiger partial charge in [-0.25, -0.2) is 0 Å². The fourth-order valence-electron chi connectivity index (χ4n) is 1.50. The number of nitrogens with zero attached hydrogens (tertiary/aromatic N) is 2. The van der Waals surface area contributed by atoms with E-state index in [1.165, 1.54) is 4.88 Å². The van der Waals surface area contributed by atoms with Gasteiger partial charge in [0.1, 0.15) is 5.52 Å². The van der Waals surface area contributed by atoms with E-state index in [1.807, 2.05) is 18.2 Å². The van der Waals surface area contributed by atoms with Crippen molar-refractivity contribution >= 4 is 22.4 Å². The van der Waals surface area contributed by atoms with E-state index >= 15 is 0 Å². The summed E-state index contributed by atoms with van der Waals surface area (Å²) < 4.78 is 0. The molecule has 14 heavy (non-hydrogen) atoms. The smallest absolute Gasteiger partial charge is 0.121 e. The molecule has 0 fully saturated rings. The molecule has 1 N–H and O–H groups in total. The zero-order valence-electron chi connectivity index (χ0n) is 7.27. The largest absolute Gasteiger partial charge is 0.258 e. The standard InChI is InChI=1S/C10H7N3S/c1-3-7(9-5-2-6-14-9)10-8(4-1)11-13-12-10/h1-6H,(H,11,12,13). The van der Waals surface area contributed by atoms with Crippen LogP contribution in [0.25, 0.3) is 21.5 Å². The lowest BCUT2D eigenvalue weighted by Crippen LogP contribution is -1.75. The third-order valence-electron chi connectivity index (χ3n) is 2.14. The molecule has 0 bridgehead atoms. The van der Waals surface area contributed by atoms with E-state index in [9.17, 15) is 0 Å². The molecule has 2 aromatic heterocycles. The molecule has 3 nitrogen and oxygen atoms in total. The van der Waals surface area contributed by atoms with Crippen molar-refractivity contribution in [2.75, 3.05) is 0 Å². The fourth-order valence-corrected chi connectivity index (χ4v) is 2.25. The van der Waals surface area contributed by atoms with Crippen LogP contribution in [-0.2, 0) is 0 Å². The highest BCUT2D eigenvalue weighted by molar-refractivity contribution is 7.13. The van der Waals surface area contributed by atoms with Crippen molar-refractivity contribution in [2.45, 2.75) is 0 Å². The highest BCUT2D eigenvalue weighted by Gasteiger charge is 2.06. The normalized spacial score (nSPS) is 10.9. The van der Waals surface area contributed by atoms with Gasteiger partial charge >= 0.3 is 0 Å². The Morgan fingerprint density at radius 2 is 2.14 bits per heavy atom. The van der Waals surface area contributed by atoms with Crippen molar-refractivity contribution in [3.63, 3.8) is 0 Å². The number of aromatic nitrogens is 3. The summed E-state index contributed by atoms with van der Waals surface area (Å²) in [6, 6.07) is 10.2. The highest BCUT2D eigenvalue weighted by Crippen LogP contribution is 2.29. The number of nitrogens with one attached hydrogen (secondary N) is 1. The van der Waals surface area contributed by atoms with Gasteiger partial charge in [0.05, 0.1) is 5.52 Å². The van der Waals surface area contributed by atoms with E-state index in [0.717, 1.165) is 16.6 Å². The lowest BCUT2D eigenvalue weighted by Gasteiger charge is -1.96. The van der Waals surface area contributed by atoms with Gasteiger partial charge in [-0.05, 0) is 17.5 Å². The van der Waals surface area contributed by atoms with E-state index in [-0.39, 0.29) is 0 Å². The number of rotatable bonds is 1. The van der Waals surface area contributed by atoms with Gasteiger partial charge in [0.15, 0.2) is 0 Å². The maximum Gasteiger partial charge on any atom is 0.121 e. The van der Waals surface area contributed by atoms with Crippen molar-refractivity contribution < 1.29 is 0 Å². The fraction of sp³-hybridized carbons (Fsp3) is 0. The van der Waals surface area contributed by atoms with Crippen LogP contribution in [0.5, 0.6) is 0 Å². The highest BCUT2D eigenvalue weighted by atomic mass is 32.1. The number of thiophene rings is 1. The molecular weight excluding hydrogens is 194 g/mol. The molecule has 1 aromatic carbocycles. The summed E-state index contributed by atoms with van der Waals surface area (Å²) in [6.45, 7) is 0. The lowest BCUT2D eigenvalue weighted by atomic mass is 10.1. The predicted molar refractivity (Wildman–Crippen MR) is 57.2 cm³/mol. The molecule has 3 aromatic rings. The van der Waals surface area contributed by atoms with Crippen molar-refractivity contribution in [3.8, 4) is 10.4 Å². The minimum atomic E-state index is 0.940. The van der Waals surface area contributed by atoms with Gasteiger partial charge in [-0.2, -0.15) is 0 Å². The molecule has 0 amide bonds. The van der Waals surface area contributed by atoms with E-state index < -0.39 is 0 Å². The quantitative estimate of drug-likeness (QED) is 0.657. The number of aromatic amines is 1. The van der Waals surface area contributed by atoms with Gasteiger partial charge in [-0.1, -0.05) is 23.4 Å². The number of benzene rings is 1. The molecule has 0 aliphatic heterocycles. The molecule has 3 rings (SSSR count). The molecule has 0 atom stereocenters. The number of H-pyrrole nitrogens is 1. The van der Waals surface area contributed by atoms with Gasteiger partial charge < -0.3 is 0 Å². The summed E-state index contributed by atoms with van der Waals surface area (Å²) in [5, 5.41) is 12.8. The Hall–Kier alpha value is -1.68. The maximum atomic E-state index is 4.08. The zero-order valence-corrected chi connectivity index (χ0v) is 8.08. The van der Waals surface area contributed by atoms with Crippen LogP contribution in [0, 0.1) is 0 Å². The first-order valence-corrected chi connectivity index (χ1v) is 5.17. The average molecular weight is 201 g/mol. The number of hydrogen-bond donors (Lipinski definition) is 1. The maximum absolute atomic E-state index is 4.08. The first kappa shape index (κ1) is 7.70. The molecule has 2 heterocycles. The predicted octanol–water partition coefficient (Wildman–Crippen LogP) is 2.69. The molecule has 0 saturated carbocycles. The summed E-state index contributed by atoms with van der Waals surface area (Å²) in [6.07, 6.45) is 0. The Labute approximate surface area is 84.4 Å². The van der Waals surface area contributed by atoms with Gasteiger partial charge in [-0.15, -0.1) is 16.4 Å². The van der Waals surface area contributed by atoms with Crippen LogP contribution in [-0.4, -0.2) is 15.4 Å². The third kappa shape index (κ3) is 1.04. The lowest BCUT2D eigenvalue weighted by molar-refractivity contribution is 0.959. The zero-order chi connectivity index (χ0) is 9.38. The SMILES string of the molecule is c1csc(-c2cccc3[nH]nnc23)c1. The monoisotopic (exact) mass is 201 g/mol. The van der Waals surface area contributed by atoms with Crippen molar-refractivity contribution in [3.05, 3.63) is 35.7 Å². The Balaban J connectivity index is 2.36. The van der Waals surface area contributed by atoms with Crippen molar-refractivity contribution in [1.82, 2.24) is 15.4 Å². The molecular formula is C10H7N3S. The summed E-state index contributed by atoms with van der Waals surface area (Å²) in [7, 11) is 0. The first-order valence-electron chi connectivity index (χ1n) is 4.29. The van der Waals surface area contributed by atoms with Crippen LogP contribution in [0.15, 0.2) is 35.7 Å². The molecule has 0 saturated heterocycles. The summed E-state index contributed by atoms with van der Waals surface area (Å²) in [4.78, 5) is 1.23. The van der Waals surface area contributed by atoms with Gasteiger partial charge in [-0.3, -0.25) is 5.10 Å². The first-order chi connectivity index (χ1) is 6.95. The van der Waals surface area contributed by atoms with Crippen LogP contribution in [0.3, 0.4) is 0 Å². The summed E-state index contributed by atoms with van der Waals surface area (Å²) in [5.74, 6) is 0. The minimum absolute atomic E-state index is 0.940. The van der Waals surface area contributed by atoms with Crippen molar-refractivity contribution in [1.29, 1.82) is 0 Å². The molecule has 0 spiro atoms. The topological polar surface area (TPSA) is 41.6 Å². The molecule has 0 unspecified atom stereocenters. The van der Waals surface area contributed by atoms with Crippen molar-refractivity contribution in [2.24, 2.45) is 0 Å². The van der Waals surface area contributed by atoms with E-state index in [0.29, 0.717) is 0 Å². The Bertz CT molecular complexity index is 554. The minimum Gasteiger partial charge on any atom is -0.258 e. The van der Waals surface area contributed by atoms with Gasteiger partial charge in [0.2, 0.25) is 0 Å². The molecule has 0 aliphatic rings. The second-order valence-corrected chi connectivity index (χ2v) is 3.94. The molecule has 4 heteroatoms. The summed E-state index contributed by atoms with van der Waals surface area (Å²) >= 11 is 1.71.